The summed E-state index contributed by atoms with van der Waals surface area (Å²) in [5, 5.41) is 3.23. The van der Waals surface area contributed by atoms with Crippen molar-refractivity contribution in [2.24, 2.45) is 0 Å². The lowest BCUT2D eigenvalue weighted by molar-refractivity contribution is 0.349. The largest absolute Gasteiger partial charge is 0.313 e. The first kappa shape index (κ1) is 9.95. The molecule has 1 saturated heterocycles. The lowest BCUT2D eigenvalue weighted by Crippen LogP contribution is -2.51. The fourth-order valence-corrected chi connectivity index (χ4v) is 2.35. The van der Waals surface area contributed by atoms with Gasteiger partial charge in [0.25, 0.3) is 0 Å². The van der Waals surface area contributed by atoms with E-state index in [0.29, 0.717) is 0 Å². The number of piperidine rings is 1. The Morgan fingerprint density at radius 2 is 2.17 bits per heavy atom. The third-order valence-corrected chi connectivity index (χ3v) is 2.86. The predicted octanol–water partition coefficient (Wildman–Crippen LogP) is -0.324. The molecule has 0 amide bonds. The molecule has 0 radical (unpaired) electrons. The van der Waals surface area contributed by atoms with E-state index in [1.807, 2.05) is 6.92 Å². The van der Waals surface area contributed by atoms with Crippen LogP contribution in [0.3, 0.4) is 0 Å². The average molecular weight is 192 g/mol. The van der Waals surface area contributed by atoms with Crippen LogP contribution in [0.4, 0.5) is 0 Å². The molecule has 4 nitrogen and oxygen atoms in total. The normalized spacial score (nSPS) is 31.8. The Kier molecular flexibility index (Phi) is 3.09. The van der Waals surface area contributed by atoms with Gasteiger partial charge in [-0.15, -0.1) is 0 Å². The zero-order valence-electron chi connectivity index (χ0n) is 7.50. The third kappa shape index (κ3) is 3.08. The first-order chi connectivity index (χ1) is 5.49. The van der Waals surface area contributed by atoms with Crippen molar-refractivity contribution in [2.45, 2.75) is 31.8 Å². The number of hydrogen-bond acceptors (Lipinski definition) is 3. The Morgan fingerprint density at radius 3 is 2.67 bits per heavy atom. The van der Waals surface area contributed by atoms with Crippen LogP contribution in [-0.2, 0) is 10.0 Å². The van der Waals surface area contributed by atoms with Gasteiger partial charge in [0.15, 0.2) is 0 Å². The van der Waals surface area contributed by atoms with Gasteiger partial charge in [-0.1, -0.05) is 0 Å². The molecule has 1 fully saturated rings. The van der Waals surface area contributed by atoms with E-state index in [1.165, 1.54) is 6.26 Å². The van der Waals surface area contributed by atoms with Gasteiger partial charge >= 0.3 is 0 Å². The first-order valence-corrected chi connectivity index (χ1v) is 6.09. The SMILES string of the molecule is CC1NCCCC1NS(C)(=O)=O. The minimum Gasteiger partial charge on any atom is -0.313 e. The molecule has 1 aliphatic heterocycles. The molecule has 5 heteroatoms. The minimum atomic E-state index is -3.05. The Balaban J connectivity index is 2.50. The van der Waals surface area contributed by atoms with E-state index in [0.717, 1.165) is 19.4 Å². The predicted molar refractivity (Wildman–Crippen MR) is 48.5 cm³/mol. The number of hydrogen-bond donors (Lipinski definition) is 2. The molecule has 2 unspecified atom stereocenters. The van der Waals surface area contributed by atoms with E-state index in [9.17, 15) is 8.42 Å². The van der Waals surface area contributed by atoms with E-state index < -0.39 is 10.0 Å². The summed E-state index contributed by atoms with van der Waals surface area (Å²) < 4.78 is 24.4. The van der Waals surface area contributed by atoms with E-state index in [4.69, 9.17) is 0 Å². The molecular weight excluding hydrogens is 176 g/mol. The van der Waals surface area contributed by atoms with E-state index >= 15 is 0 Å². The van der Waals surface area contributed by atoms with Gasteiger partial charge in [0.1, 0.15) is 0 Å². The van der Waals surface area contributed by atoms with Crippen LogP contribution in [0.15, 0.2) is 0 Å². The number of rotatable bonds is 2. The van der Waals surface area contributed by atoms with Crippen LogP contribution in [0.25, 0.3) is 0 Å². The highest BCUT2D eigenvalue weighted by Gasteiger charge is 2.22. The fourth-order valence-electron chi connectivity index (χ4n) is 1.48. The lowest BCUT2D eigenvalue weighted by atomic mass is 10.0. The lowest BCUT2D eigenvalue weighted by Gasteiger charge is -2.29. The molecule has 1 heterocycles. The van der Waals surface area contributed by atoms with Crippen molar-refractivity contribution in [3.8, 4) is 0 Å². The Bertz CT molecular complexity index is 238. The van der Waals surface area contributed by atoms with Gasteiger partial charge in [-0.05, 0) is 26.3 Å². The molecule has 1 rings (SSSR count). The van der Waals surface area contributed by atoms with Crippen molar-refractivity contribution in [3.05, 3.63) is 0 Å². The van der Waals surface area contributed by atoms with Crippen molar-refractivity contribution in [1.29, 1.82) is 0 Å². The van der Waals surface area contributed by atoms with Crippen molar-refractivity contribution in [1.82, 2.24) is 10.0 Å². The smallest absolute Gasteiger partial charge is 0.209 e. The molecule has 1 aliphatic rings. The average Bonchev–Trinajstić information content (AvgIpc) is 1.91. The molecule has 2 atom stereocenters. The van der Waals surface area contributed by atoms with Gasteiger partial charge in [0.05, 0.1) is 6.26 Å². The fraction of sp³-hybridized carbons (Fsp3) is 1.00. The minimum absolute atomic E-state index is 0.0637. The quantitative estimate of drug-likeness (QED) is 0.630. The van der Waals surface area contributed by atoms with Gasteiger partial charge in [0, 0.05) is 12.1 Å². The molecule has 0 aromatic rings. The summed E-state index contributed by atoms with van der Waals surface area (Å²) >= 11 is 0. The standard InChI is InChI=1S/C7H16N2O2S/c1-6-7(4-3-5-8-6)9-12(2,10)11/h6-9H,3-5H2,1-2H3. The van der Waals surface area contributed by atoms with Gasteiger partial charge in [-0.3, -0.25) is 0 Å². The van der Waals surface area contributed by atoms with Gasteiger partial charge in [-0.25, -0.2) is 13.1 Å². The van der Waals surface area contributed by atoms with Crippen molar-refractivity contribution < 1.29 is 8.42 Å². The number of nitrogens with one attached hydrogen (secondary N) is 2. The molecule has 12 heavy (non-hydrogen) atoms. The maximum atomic E-state index is 10.9. The van der Waals surface area contributed by atoms with Crippen molar-refractivity contribution in [2.75, 3.05) is 12.8 Å². The van der Waals surface area contributed by atoms with Gasteiger partial charge < -0.3 is 5.32 Å². The van der Waals surface area contributed by atoms with E-state index in [2.05, 4.69) is 10.0 Å². The monoisotopic (exact) mass is 192 g/mol. The zero-order valence-corrected chi connectivity index (χ0v) is 8.32. The Hall–Kier alpha value is -0.130. The molecule has 0 saturated carbocycles. The third-order valence-electron chi connectivity index (χ3n) is 2.13. The second-order valence-corrected chi connectivity index (χ2v) is 5.16. The van der Waals surface area contributed by atoms with Crippen molar-refractivity contribution >= 4 is 10.0 Å². The summed E-state index contributed by atoms with van der Waals surface area (Å²) in [7, 11) is -3.05. The highest BCUT2D eigenvalue weighted by Crippen LogP contribution is 2.08. The summed E-state index contributed by atoms with van der Waals surface area (Å²) in [5.41, 5.74) is 0. The van der Waals surface area contributed by atoms with E-state index in [-0.39, 0.29) is 12.1 Å². The van der Waals surface area contributed by atoms with Crippen LogP contribution < -0.4 is 10.0 Å². The summed E-state index contributed by atoms with van der Waals surface area (Å²) in [6.07, 6.45) is 3.17. The summed E-state index contributed by atoms with van der Waals surface area (Å²) in [6.45, 7) is 2.99. The second-order valence-electron chi connectivity index (χ2n) is 3.38. The van der Waals surface area contributed by atoms with Crippen LogP contribution in [0.5, 0.6) is 0 Å². The topological polar surface area (TPSA) is 58.2 Å². The van der Waals surface area contributed by atoms with E-state index in [1.54, 1.807) is 0 Å². The maximum absolute atomic E-state index is 10.9. The summed E-state index contributed by atoms with van der Waals surface area (Å²) in [4.78, 5) is 0. The highest BCUT2D eigenvalue weighted by molar-refractivity contribution is 7.88. The molecule has 0 aromatic heterocycles. The Morgan fingerprint density at radius 1 is 1.50 bits per heavy atom. The van der Waals surface area contributed by atoms with Gasteiger partial charge in [-0.2, -0.15) is 0 Å². The van der Waals surface area contributed by atoms with Crippen LogP contribution in [0.2, 0.25) is 0 Å². The molecule has 0 spiro atoms. The second kappa shape index (κ2) is 3.72. The molecular formula is C7H16N2O2S. The molecule has 0 aliphatic carbocycles. The van der Waals surface area contributed by atoms with Crippen molar-refractivity contribution in [3.63, 3.8) is 0 Å². The van der Waals surface area contributed by atoms with Gasteiger partial charge in [0.2, 0.25) is 10.0 Å². The first-order valence-electron chi connectivity index (χ1n) is 4.20. The molecule has 0 bridgehead atoms. The summed E-state index contributed by atoms with van der Waals surface area (Å²) in [6, 6.07) is 0.308. The van der Waals surface area contributed by atoms with Crippen LogP contribution >= 0.6 is 0 Å². The molecule has 0 aromatic carbocycles. The van der Waals surface area contributed by atoms with Crippen LogP contribution in [0.1, 0.15) is 19.8 Å². The number of sulfonamides is 1. The Labute approximate surface area is 73.8 Å². The maximum Gasteiger partial charge on any atom is 0.209 e. The highest BCUT2D eigenvalue weighted by atomic mass is 32.2. The molecule has 72 valence electrons. The summed E-state index contributed by atoms with van der Waals surface area (Å²) in [5.74, 6) is 0. The zero-order chi connectivity index (χ0) is 9.19. The van der Waals surface area contributed by atoms with Crippen LogP contribution in [-0.4, -0.2) is 33.3 Å². The van der Waals surface area contributed by atoms with Crippen LogP contribution in [0, 0.1) is 0 Å². The molecule has 2 N–H and O–H groups in total.